The van der Waals surface area contributed by atoms with Crippen molar-refractivity contribution < 1.29 is 9.53 Å². The zero-order chi connectivity index (χ0) is 20.1. The molecule has 7 nitrogen and oxygen atoms in total. The van der Waals surface area contributed by atoms with E-state index in [0.717, 1.165) is 47.7 Å². The Kier molecular flexibility index (Phi) is 4.53. The minimum absolute atomic E-state index is 0.0609. The van der Waals surface area contributed by atoms with Crippen LogP contribution in [0.2, 0.25) is 0 Å². The highest BCUT2D eigenvalue weighted by molar-refractivity contribution is 7.99. The summed E-state index contributed by atoms with van der Waals surface area (Å²) in [6.45, 7) is 4.62. The molecule has 0 radical (unpaired) electrons. The maximum atomic E-state index is 13.3. The number of benzene rings is 1. The van der Waals surface area contributed by atoms with Crippen molar-refractivity contribution >= 4 is 39.6 Å². The number of aromatic nitrogens is 3. The number of methoxy groups -OCH3 is 1. The number of likely N-dealkylation sites (tertiary alicyclic amines) is 1. The van der Waals surface area contributed by atoms with Crippen LogP contribution in [-0.2, 0) is 17.9 Å². The average Bonchev–Trinajstić information content (AvgIpc) is 3.32. The van der Waals surface area contributed by atoms with E-state index in [1.807, 2.05) is 27.7 Å². The second-order valence-corrected chi connectivity index (χ2v) is 8.99. The molecule has 1 amide bonds. The van der Waals surface area contributed by atoms with Crippen LogP contribution in [0.1, 0.15) is 19.8 Å². The first-order chi connectivity index (χ1) is 14.1. The summed E-state index contributed by atoms with van der Waals surface area (Å²) >= 11 is 1.60. The average molecular weight is 413 g/mol. The van der Waals surface area contributed by atoms with E-state index >= 15 is 0 Å². The largest absolute Gasteiger partial charge is 0.497 e. The van der Waals surface area contributed by atoms with Gasteiger partial charge in [0, 0.05) is 30.8 Å². The molecule has 8 heteroatoms. The highest BCUT2D eigenvalue weighted by Crippen LogP contribution is 2.32. The van der Waals surface area contributed by atoms with Crippen molar-refractivity contribution in [2.45, 2.75) is 38.0 Å². The fourth-order valence-electron chi connectivity index (χ4n) is 4.34. The summed E-state index contributed by atoms with van der Waals surface area (Å²) < 4.78 is 8.97. The molecule has 4 heterocycles. The first-order valence-electron chi connectivity index (χ1n) is 10.1. The van der Waals surface area contributed by atoms with Crippen LogP contribution in [-0.4, -0.2) is 50.9 Å². The molecular weight excluding hydrogens is 388 g/mol. The fraction of sp³-hybridized carbons (Fsp3) is 0.476. The Morgan fingerprint density at radius 3 is 2.83 bits per heavy atom. The van der Waals surface area contributed by atoms with Crippen LogP contribution in [0.25, 0.3) is 21.9 Å². The lowest BCUT2D eigenvalue weighted by molar-refractivity contribution is -0.133. The van der Waals surface area contributed by atoms with Gasteiger partial charge in [0.1, 0.15) is 23.3 Å². The highest BCUT2D eigenvalue weighted by atomic mass is 32.2. The molecule has 0 bridgehead atoms. The Bertz CT molecular complexity index is 1170. The van der Waals surface area contributed by atoms with E-state index in [4.69, 9.17) is 9.72 Å². The van der Waals surface area contributed by atoms with Gasteiger partial charge in [-0.3, -0.25) is 14.2 Å². The predicted octanol–water partition coefficient (Wildman–Crippen LogP) is 2.72. The smallest absolute Gasteiger partial charge is 0.278 e. The standard InChI is InChI=1S/C21H24N4O3S/c1-13-5-7-23(8-6-13)17(26)12-25-16-4-3-14(28-2)11-15(16)18-19(25)20(27)24-9-10-29-21(24)22-18/h3-4,11,13H,5-10,12H2,1-2H3. The summed E-state index contributed by atoms with van der Waals surface area (Å²) in [7, 11) is 1.62. The lowest BCUT2D eigenvalue weighted by atomic mass is 9.99. The first kappa shape index (κ1) is 18.5. The third-order valence-corrected chi connectivity index (χ3v) is 7.06. The number of hydrogen-bond donors (Lipinski definition) is 0. The van der Waals surface area contributed by atoms with Gasteiger partial charge in [-0.1, -0.05) is 18.7 Å². The summed E-state index contributed by atoms with van der Waals surface area (Å²) in [5, 5.41) is 1.60. The minimum atomic E-state index is -0.0646. The molecule has 2 aromatic heterocycles. The summed E-state index contributed by atoms with van der Waals surface area (Å²) in [5.74, 6) is 2.28. The van der Waals surface area contributed by atoms with E-state index in [2.05, 4.69) is 6.92 Å². The number of carbonyl (C=O) groups is 1. The molecule has 1 fully saturated rings. The van der Waals surface area contributed by atoms with Gasteiger partial charge in [0.25, 0.3) is 5.56 Å². The predicted molar refractivity (Wildman–Crippen MR) is 114 cm³/mol. The third kappa shape index (κ3) is 3.01. The van der Waals surface area contributed by atoms with Gasteiger partial charge in [-0.25, -0.2) is 4.98 Å². The van der Waals surface area contributed by atoms with E-state index in [-0.39, 0.29) is 18.0 Å². The number of nitrogens with zero attached hydrogens (tertiary/aromatic N) is 4. The van der Waals surface area contributed by atoms with E-state index in [1.165, 1.54) is 0 Å². The number of hydrogen-bond acceptors (Lipinski definition) is 5. The van der Waals surface area contributed by atoms with Crippen molar-refractivity contribution in [1.82, 2.24) is 19.0 Å². The minimum Gasteiger partial charge on any atom is -0.497 e. The molecule has 0 N–H and O–H groups in total. The second kappa shape index (κ2) is 7.09. The summed E-state index contributed by atoms with van der Waals surface area (Å²) in [6.07, 6.45) is 2.07. The summed E-state index contributed by atoms with van der Waals surface area (Å²) in [5.41, 5.74) is 1.95. The van der Waals surface area contributed by atoms with Gasteiger partial charge < -0.3 is 14.2 Å². The number of carbonyl (C=O) groups excluding carboxylic acids is 1. The fourth-order valence-corrected chi connectivity index (χ4v) is 5.28. The number of amides is 1. The Hall–Kier alpha value is -2.48. The maximum absolute atomic E-state index is 13.3. The maximum Gasteiger partial charge on any atom is 0.278 e. The summed E-state index contributed by atoms with van der Waals surface area (Å²) in [4.78, 5) is 33.1. The number of fused-ring (bicyclic) bond motifs is 4. The highest BCUT2D eigenvalue weighted by Gasteiger charge is 2.26. The van der Waals surface area contributed by atoms with Gasteiger partial charge in [-0.15, -0.1) is 0 Å². The third-order valence-electron chi connectivity index (χ3n) is 6.11. The van der Waals surface area contributed by atoms with Crippen LogP contribution in [0.4, 0.5) is 0 Å². The molecule has 0 atom stereocenters. The molecule has 0 unspecified atom stereocenters. The quantitative estimate of drug-likeness (QED) is 0.619. The summed E-state index contributed by atoms with van der Waals surface area (Å²) in [6, 6.07) is 5.69. The van der Waals surface area contributed by atoms with Gasteiger partial charge in [0.05, 0.1) is 12.6 Å². The number of thioether (sulfide) groups is 1. The molecule has 1 aromatic carbocycles. The van der Waals surface area contributed by atoms with Crippen molar-refractivity contribution in [3.8, 4) is 5.75 Å². The van der Waals surface area contributed by atoms with E-state index < -0.39 is 0 Å². The lowest BCUT2D eigenvalue weighted by Gasteiger charge is -2.30. The molecule has 0 spiro atoms. The van der Waals surface area contributed by atoms with Gasteiger partial charge in [0.2, 0.25) is 5.91 Å². The monoisotopic (exact) mass is 412 g/mol. The molecule has 2 aliphatic heterocycles. The van der Waals surface area contributed by atoms with Crippen LogP contribution in [0.15, 0.2) is 28.2 Å². The van der Waals surface area contributed by atoms with E-state index in [0.29, 0.717) is 29.2 Å². The van der Waals surface area contributed by atoms with Gasteiger partial charge in [-0.2, -0.15) is 0 Å². The van der Waals surface area contributed by atoms with Crippen LogP contribution in [0.3, 0.4) is 0 Å². The molecule has 29 heavy (non-hydrogen) atoms. The van der Waals surface area contributed by atoms with Crippen molar-refractivity contribution in [2.24, 2.45) is 5.92 Å². The Morgan fingerprint density at radius 1 is 1.28 bits per heavy atom. The molecule has 3 aromatic rings. The number of rotatable bonds is 3. The molecule has 0 aliphatic carbocycles. The van der Waals surface area contributed by atoms with Crippen molar-refractivity contribution in [1.29, 1.82) is 0 Å². The van der Waals surface area contributed by atoms with Gasteiger partial charge in [0.15, 0.2) is 5.16 Å². The number of ether oxygens (including phenoxy) is 1. The Labute approximate surface area is 172 Å². The van der Waals surface area contributed by atoms with Crippen LogP contribution >= 0.6 is 11.8 Å². The van der Waals surface area contributed by atoms with Gasteiger partial charge >= 0.3 is 0 Å². The van der Waals surface area contributed by atoms with Crippen LogP contribution in [0.5, 0.6) is 5.75 Å². The molecule has 152 valence electrons. The van der Waals surface area contributed by atoms with Crippen molar-refractivity contribution in [3.63, 3.8) is 0 Å². The van der Waals surface area contributed by atoms with Crippen molar-refractivity contribution in [2.75, 3.05) is 26.0 Å². The molecule has 2 aliphatic rings. The zero-order valence-corrected chi connectivity index (χ0v) is 17.5. The molecular formula is C21H24N4O3S. The van der Waals surface area contributed by atoms with Gasteiger partial charge in [-0.05, 0) is 37.0 Å². The molecule has 1 saturated heterocycles. The lowest BCUT2D eigenvalue weighted by Crippen LogP contribution is -2.40. The SMILES string of the molecule is COc1ccc2c(c1)c1nc3n(c(=O)c1n2CC(=O)N1CCC(C)CC1)CCS3. The van der Waals surface area contributed by atoms with E-state index in [1.54, 1.807) is 23.4 Å². The van der Waals surface area contributed by atoms with Crippen LogP contribution in [0, 0.1) is 5.92 Å². The first-order valence-corrected chi connectivity index (χ1v) is 11.1. The molecule has 0 saturated carbocycles. The van der Waals surface area contributed by atoms with Crippen LogP contribution < -0.4 is 10.3 Å². The second-order valence-electron chi connectivity index (χ2n) is 7.93. The van der Waals surface area contributed by atoms with Crippen molar-refractivity contribution in [3.05, 3.63) is 28.6 Å². The molecule has 5 rings (SSSR count). The topological polar surface area (TPSA) is 69.4 Å². The number of piperidine rings is 1. The Balaban J connectivity index is 1.66. The Morgan fingerprint density at radius 2 is 2.07 bits per heavy atom. The van der Waals surface area contributed by atoms with E-state index in [9.17, 15) is 9.59 Å². The zero-order valence-electron chi connectivity index (χ0n) is 16.7. The normalized spacial score (nSPS) is 17.2.